The summed E-state index contributed by atoms with van der Waals surface area (Å²) < 4.78 is 1.23. The summed E-state index contributed by atoms with van der Waals surface area (Å²) in [5.74, 6) is 0.481. The van der Waals surface area contributed by atoms with Crippen LogP contribution in [0.25, 0.3) is 10.2 Å². The van der Waals surface area contributed by atoms with Crippen LogP contribution >= 0.6 is 11.3 Å². The maximum absolute atomic E-state index is 13.0. The van der Waals surface area contributed by atoms with Crippen LogP contribution in [-0.4, -0.2) is 72.5 Å². The van der Waals surface area contributed by atoms with Gasteiger partial charge in [-0.1, -0.05) is 29.5 Å². The first kappa shape index (κ1) is 18.5. The maximum Gasteiger partial charge on any atom is 0.272 e. The third-order valence-electron chi connectivity index (χ3n) is 6.11. The average Bonchev–Trinajstić information content (AvgIpc) is 3.37. The van der Waals surface area contributed by atoms with E-state index in [-0.39, 0.29) is 11.3 Å². The Balaban J connectivity index is 1.40. The van der Waals surface area contributed by atoms with E-state index in [0.717, 1.165) is 43.4 Å². The highest BCUT2D eigenvalue weighted by Gasteiger charge is 2.54. The number of rotatable bonds is 4. The number of carbonyl (C=O) groups excluding carboxylic acids is 1. The van der Waals surface area contributed by atoms with Crippen molar-refractivity contribution < 1.29 is 4.79 Å². The van der Waals surface area contributed by atoms with Crippen molar-refractivity contribution >= 4 is 32.6 Å². The van der Waals surface area contributed by atoms with Crippen LogP contribution in [-0.2, 0) is 0 Å². The van der Waals surface area contributed by atoms with Gasteiger partial charge < -0.3 is 14.7 Å². The Bertz CT molecular complexity index is 1000. The van der Waals surface area contributed by atoms with Crippen LogP contribution in [0.4, 0.5) is 5.13 Å². The molecule has 2 aliphatic rings. The van der Waals surface area contributed by atoms with Gasteiger partial charge in [-0.05, 0) is 38.4 Å². The standard InChI is InChI=1S/C22H25N5OS/c1-25(2)13-22-14-26(20(28)18-8-5-6-10-23-18)11-16(22)12-27(15-22)21-24-17-7-3-4-9-19(17)29-21/h3-10,16H,11-15H2,1-2H3/t16-,22+/m1/s1. The normalized spacial score (nSPS) is 23.9. The van der Waals surface area contributed by atoms with E-state index in [4.69, 9.17) is 4.98 Å². The van der Waals surface area contributed by atoms with E-state index in [1.807, 2.05) is 29.2 Å². The second-order valence-electron chi connectivity index (χ2n) is 8.54. The van der Waals surface area contributed by atoms with E-state index >= 15 is 0 Å². The van der Waals surface area contributed by atoms with E-state index in [2.05, 4.69) is 47.1 Å². The molecule has 1 aromatic carbocycles. The van der Waals surface area contributed by atoms with E-state index in [1.165, 1.54) is 4.70 Å². The third-order valence-corrected chi connectivity index (χ3v) is 7.21. The molecule has 0 saturated carbocycles. The second-order valence-corrected chi connectivity index (χ2v) is 9.55. The number of para-hydroxylation sites is 1. The number of carbonyl (C=O) groups is 1. The lowest BCUT2D eigenvalue weighted by Crippen LogP contribution is -2.43. The highest BCUT2D eigenvalue weighted by molar-refractivity contribution is 7.22. The predicted molar refractivity (Wildman–Crippen MR) is 116 cm³/mol. The molecule has 7 heteroatoms. The number of pyridine rings is 1. The Morgan fingerprint density at radius 3 is 2.76 bits per heavy atom. The summed E-state index contributed by atoms with van der Waals surface area (Å²) in [6.45, 7) is 4.39. The van der Waals surface area contributed by atoms with Crippen LogP contribution in [0.15, 0.2) is 48.7 Å². The lowest BCUT2D eigenvalue weighted by Gasteiger charge is -2.32. The van der Waals surface area contributed by atoms with Gasteiger partial charge in [0.2, 0.25) is 0 Å². The number of likely N-dealkylation sites (tertiary alicyclic amines) is 1. The van der Waals surface area contributed by atoms with Gasteiger partial charge in [-0.25, -0.2) is 4.98 Å². The molecule has 3 aromatic rings. The average molecular weight is 408 g/mol. The topological polar surface area (TPSA) is 52.6 Å². The highest BCUT2D eigenvalue weighted by Crippen LogP contribution is 2.45. The highest BCUT2D eigenvalue weighted by atomic mass is 32.1. The number of anilines is 1. The van der Waals surface area contributed by atoms with Crippen molar-refractivity contribution in [1.29, 1.82) is 0 Å². The van der Waals surface area contributed by atoms with Crippen molar-refractivity contribution in [3.63, 3.8) is 0 Å². The predicted octanol–water partition coefficient (Wildman–Crippen LogP) is 2.83. The molecule has 29 heavy (non-hydrogen) atoms. The van der Waals surface area contributed by atoms with Gasteiger partial charge in [-0.3, -0.25) is 9.78 Å². The van der Waals surface area contributed by atoms with Crippen LogP contribution in [0.5, 0.6) is 0 Å². The monoisotopic (exact) mass is 407 g/mol. The smallest absolute Gasteiger partial charge is 0.272 e. The van der Waals surface area contributed by atoms with Gasteiger partial charge >= 0.3 is 0 Å². The second kappa shape index (κ2) is 7.07. The minimum Gasteiger partial charge on any atom is -0.347 e. The van der Waals surface area contributed by atoms with Gasteiger partial charge in [-0.15, -0.1) is 0 Å². The molecule has 0 aliphatic carbocycles. The van der Waals surface area contributed by atoms with Crippen LogP contribution in [0.2, 0.25) is 0 Å². The Morgan fingerprint density at radius 1 is 1.17 bits per heavy atom. The number of benzene rings is 1. The number of aromatic nitrogens is 2. The molecule has 4 heterocycles. The Labute approximate surface area is 174 Å². The van der Waals surface area contributed by atoms with Crippen LogP contribution in [0.3, 0.4) is 0 Å². The first-order valence-corrected chi connectivity index (χ1v) is 10.8. The molecular weight excluding hydrogens is 382 g/mol. The van der Waals surface area contributed by atoms with Crippen molar-refractivity contribution in [3.05, 3.63) is 54.4 Å². The first-order valence-electron chi connectivity index (χ1n) is 10.00. The molecule has 0 unspecified atom stereocenters. The maximum atomic E-state index is 13.0. The fourth-order valence-electron chi connectivity index (χ4n) is 4.98. The summed E-state index contributed by atoms with van der Waals surface area (Å²) >= 11 is 1.77. The minimum absolute atomic E-state index is 0.0460. The molecule has 0 bridgehead atoms. The zero-order chi connectivity index (χ0) is 20.0. The molecule has 0 spiro atoms. The first-order chi connectivity index (χ1) is 14.0. The van der Waals surface area contributed by atoms with Crippen LogP contribution < -0.4 is 4.90 Å². The van der Waals surface area contributed by atoms with Gasteiger partial charge in [-0.2, -0.15) is 0 Å². The lowest BCUT2D eigenvalue weighted by atomic mass is 9.80. The zero-order valence-electron chi connectivity index (χ0n) is 16.8. The summed E-state index contributed by atoms with van der Waals surface area (Å²) in [5, 5.41) is 1.10. The number of hydrogen-bond acceptors (Lipinski definition) is 6. The summed E-state index contributed by atoms with van der Waals surface area (Å²) in [7, 11) is 4.24. The lowest BCUT2D eigenvalue weighted by molar-refractivity contribution is 0.0760. The molecule has 2 aromatic heterocycles. The largest absolute Gasteiger partial charge is 0.347 e. The van der Waals surface area contributed by atoms with Gasteiger partial charge in [0.15, 0.2) is 5.13 Å². The third kappa shape index (κ3) is 3.28. The molecule has 2 fully saturated rings. The van der Waals surface area contributed by atoms with Gasteiger partial charge in [0.25, 0.3) is 5.91 Å². The van der Waals surface area contributed by atoms with Gasteiger partial charge in [0.05, 0.1) is 10.2 Å². The van der Waals surface area contributed by atoms with Gasteiger partial charge in [0, 0.05) is 50.3 Å². The summed E-state index contributed by atoms with van der Waals surface area (Å²) in [4.78, 5) is 28.8. The fourth-order valence-corrected chi connectivity index (χ4v) is 5.95. The number of nitrogens with zero attached hydrogens (tertiary/aromatic N) is 5. The summed E-state index contributed by atoms with van der Waals surface area (Å²) in [6, 6.07) is 13.9. The molecule has 150 valence electrons. The molecule has 6 nitrogen and oxygen atoms in total. The molecular formula is C22H25N5OS. The number of thiazole rings is 1. The van der Waals surface area contributed by atoms with Crippen molar-refractivity contribution in [2.45, 2.75) is 0 Å². The Morgan fingerprint density at radius 2 is 2.00 bits per heavy atom. The summed E-state index contributed by atoms with van der Waals surface area (Å²) in [6.07, 6.45) is 1.69. The fraction of sp³-hybridized carbons (Fsp3) is 0.409. The van der Waals surface area contributed by atoms with E-state index in [1.54, 1.807) is 17.5 Å². The molecule has 0 radical (unpaired) electrons. The minimum atomic E-state index is 0.0460. The van der Waals surface area contributed by atoms with Crippen molar-refractivity contribution in [3.8, 4) is 0 Å². The number of amides is 1. The Hall–Kier alpha value is -2.51. The van der Waals surface area contributed by atoms with Gasteiger partial charge in [0.1, 0.15) is 5.69 Å². The van der Waals surface area contributed by atoms with Crippen molar-refractivity contribution in [2.24, 2.45) is 11.3 Å². The van der Waals surface area contributed by atoms with Crippen molar-refractivity contribution in [1.82, 2.24) is 19.8 Å². The molecule has 0 N–H and O–H groups in total. The van der Waals surface area contributed by atoms with Crippen molar-refractivity contribution in [2.75, 3.05) is 51.7 Å². The Kier molecular flexibility index (Phi) is 4.52. The summed E-state index contributed by atoms with van der Waals surface area (Å²) in [5.41, 5.74) is 1.67. The van der Waals surface area contributed by atoms with E-state index in [0.29, 0.717) is 11.6 Å². The SMILES string of the molecule is CN(C)C[C@@]12CN(C(=O)c3ccccn3)C[C@@H]1CN(c1nc3ccccc3s1)C2. The zero-order valence-corrected chi connectivity index (χ0v) is 17.6. The van der Waals surface area contributed by atoms with Crippen LogP contribution in [0.1, 0.15) is 10.5 Å². The molecule has 2 saturated heterocycles. The van der Waals surface area contributed by atoms with E-state index in [9.17, 15) is 4.79 Å². The van der Waals surface area contributed by atoms with Crippen LogP contribution in [0, 0.1) is 11.3 Å². The number of fused-ring (bicyclic) bond motifs is 2. The van der Waals surface area contributed by atoms with E-state index < -0.39 is 0 Å². The molecule has 2 aliphatic heterocycles. The molecule has 1 amide bonds. The molecule has 5 rings (SSSR count). The molecule has 2 atom stereocenters. The number of hydrogen-bond donors (Lipinski definition) is 0. The quantitative estimate of drug-likeness (QED) is 0.666.